The molecular formula is C6H13N3O4S. The van der Waals surface area contributed by atoms with E-state index in [9.17, 15) is 18.0 Å². The summed E-state index contributed by atoms with van der Waals surface area (Å²) in [4.78, 5) is 21.5. The summed E-state index contributed by atoms with van der Waals surface area (Å²) in [5, 5.41) is 2.18. The van der Waals surface area contributed by atoms with Gasteiger partial charge in [0, 0.05) is 12.3 Å². The molecule has 8 heteroatoms. The average molecular weight is 223 g/mol. The predicted octanol–water partition coefficient (Wildman–Crippen LogP) is -2.47. The van der Waals surface area contributed by atoms with Crippen LogP contribution in [0, 0.1) is 0 Å². The maximum Gasteiger partial charge on any atom is 0.323 e. The zero-order chi connectivity index (χ0) is 11.4. The Hall–Kier alpha value is -1.15. The second-order valence-electron chi connectivity index (χ2n) is 2.94. The molecule has 2 amide bonds. The van der Waals surface area contributed by atoms with Gasteiger partial charge in [-0.3, -0.25) is 15.0 Å². The Kier molecular flexibility index (Phi) is 4.51. The second-order valence-corrected chi connectivity index (χ2v) is 5.13. The van der Waals surface area contributed by atoms with Crippen molar-refractivity contribution in [3.8, 4) is 0 Å². The molecule has 0 fully saturated rings. The van der Waals surface area contributed by atoms with E-state index in [1.807, 2.05) is 0 Å². The minimum atomic E-state index is -3.18. The Bertz CT molecular complexity index is 324. The van der Waals surface area contributed by atoms with E-state index in [0.717, 1.165) is 6.26 Å². The number of amides is 2. The lowest BCUT2D eigenvalue weighted by molar-refractivity contribution is -0.139. The van der Waals surface area contributed by atoms with Gasteiger partial charge in [0.2, 0.25) is 0 Å². The van der Waals surface area contributed by atoms with Crippen molar-refractivity contribution in [2.24, 2.45) is 5.84 Å². The molecule has 0 spiro atoms. The molecule has 0 heterocycles. The van der Waals surface area contributed by atoms with Gasteiger partial charge in [0.1, 0.15) is 9.84 Å². The number of sulfone groups is 1. The van der Waals surface area contributed by atoms with Crippen molar-refractivity contribution in [2.75, 3.05) is 12.0 Å². The Morgan fingerprint density at radius 2 is 1.86 bits per heavy atom. The van der Waals surface area contributed by atoms with Crippen LogP contribution in [-0.4, -0.2) is 38.3 Å². The van der Waals surface area contributed by atoms with E-state index >= 15 is 0 Å². The molecule has 0 radical (unpaired) electrons. The summed E-state index contributed by atoms with van der Waals surface area (Å²) < 4.78 is 21.6. The van der Waals surface area contributed by atoms with Gasteiger partial charge in [-0.1, -0.05) is 0 Å². The molecule has 0 saturated heterocycles. The summed E-state index contributed by atoms with van der Waals surface area (Å²) >= 11 is 0. The van der Waals surface area contributed by atoms with Crippen LogP contribution >= 0.6 is 0 Å². The van der Waals surface area contributed by atoms with Crippen molar-refractivity contribution in [1.29, 1.82) is 0 Å². The number of nitrogens with one attached hydrogen (secondary N) is 2. The first kappa shape index (κ1) is 12.8. The van der Waals surface area contributed by atoms with Crippen LogP contribution in [-0.2, 0) is 19.4 Å². The van der Waals surface area contributed by atoms with Gasteiger partial charge in [0.25, 0.3) is 0 Å². The summed E-state index contributed by atoms with van der Waals surface area (Å²) in [7, 11) is -3.18. The summed E-state index contributed by atoms with van der Waals surface area (Å²) in [6.45, 7) is 1.47. The zero-order valence-corrected chi connectivity index (χ0v) is 8.72. The molecule has 7 nitrogen and oxygen atoms in total. The van der Waals surface area contributed by atoms with Crippen LogP contribution < -0.4 is 16.6 Å². The monoisotopic (exact) mass is 223 g/mol. The minimum Gasteiger partial charge on any atom is -0.344 e. The number of hydrogen-bond acceptors (Lipinski definition) is 5. The summed E-state index contributed by atoms with van der Waals surface area (Å²) in [6.07, 6.45) is 1.04. The van der Waals surface area contributed by atoms with E-state index < -0.39 is 27.7 Å². The third kappa shape index (κ3) is 5.49. The van der Waals surface area contributed by atoms with Crippen LogP contribution in [0.2, 0.25) is 0 Å². The molecule has 82 valence electrons. The van der Waals surface area contributed by atoms with Gasteiger partial charge < -0.3 is 5.32 Å². The molecule has 14 heavy (non-hydrogen) atoms. The molecule has 4 N–H and O–H groups in total. The fraction of sp³-hybridized carbons (Fsp3) is 0.667. The lowest BCUT2D eigenvalue weighted by atomic mass is 10.4. The lowest BCUT2D eigenvalue weighted by Crippen LogP contribution is -2.47. The zero-order valence-electron chi connectivity index (χ0n) is 7.90. The van der Waals surface area contributed by atoms with Gasteiger partial charge in [-0.25, -0.2) is 14.3 Å². The van der Waals surface area contributed by atoms with Gasteiger partial charge >= 0.3 is 11.8 Å². The van der Waals surface area contributed by atoms with Crippen LogP contribution in [0.1, 0.15) is 6.92 Å². The lowest BCUT2D eigenvalue weighted by Gasteiger charge is -2.11. The molecule has 0 aliphatic carbocycles. The summed E-state index contributed by atoms with van der Waals surface area (Å²) in [5.74, 6) is 2.51. The highest BCUT2D eigenvalue weighted by Gasteiger charge is 2.17. The highest BCUT2D eigenvalue weighted by molar-refractivity contribution is 7.90. The Labute approximate surface area is 81.9 Å². The normalized spacial score (nSPS) is 13.1. The van der Waals surface area contributed by atoms with Crippen LogP contribution in [0.25, 0.3) is 0 Å². The van der Waals surface area contributed by atoms with Gasteiger partial charge in [-0.2, -0.15) is 0 Å². The third-order valence-corrected chi connectivity index (χ3v) is 2.37. The van der Waals surface area contributed by atoms with Gasteiger partial charge in [0.15, 0.2) is 0 Å². The van der Waals surface area contributed by atoms with Crippen LogP contribution in [0.4, 0.5) is 0 Å². The first-order valence-electron chi connectivity index (χ1n) is 3.75. The molecule has 0 aromatic heterocycles. The maximum absolute atomic E-state index is 10.9. The average Bonchev–Trinajstić information content (AvgIpc) is 1.99. The van der Waals surface area contributed by atoms with E-state index in [0.29, 0.717) is 0 Å². The standard InChI is InChI=1S/C6H13N3O4S/c1-4(3-14(2,12)13)8-5(10)6(11)9-7/h4H,3,7H2,1-2H3,(H,8,10)(H,9,11). The maximum atomic E-state index is 10.9. The first-order valence-corrected chi connectivity index (χ1v) is 5.81. The molecule has 0 saturated carbocycles. The molecule has 1 unspecified atom stereocenters. The fourth-order valence-corrected chi connectivity index (χ4v) is 1.84. The predicted molar refractivity (Wildman–Crippen MR) is 49.6 cm³/mol. The van der Waals surface area contributed by atoms with E-state index in [-0.39, 0.29) is 5.75 Å². The van der Waals surface area contributed by atoms with Crippen molar-refractivity contribution in [2.45, 2.75) is 13.0 Å². The van der Waals surface area contributed by atoms with E-state index in [4.69, 9.17) is 5.84 Å². The van der Waals surface area contributed by atoms with Crippen molar-refractivity contribution < 1.29 is 18.0 Å². The number of carbonyl (C=O) groups excluding carboxylic acids is 2. The first-order chi connectivity index (χ1) is 6.26. The molecule has 0 aromatic rings. The Morgan fingerprint density at radius 3 is 2.21 bits per heavy atom. The van der Waals surface area contributed by atoms with Gasteiger partial charge in [-0.05, 0) is 6.92 Å². The van der Waals surface area contributed by atoms with Crippen LogP contribution in [0.5, 0.6) is 0 Å². The molecule has 0 bridgehead atoms. The number of rotatable bonds is 3. The largest absolute Gasteiger partial charge is 0.344 e. The minimum absolute atomic E-state index is 0.226. The quantitative estimate of drug-likeness (QED) is 0.212. The summed E-state index contributed by atoms with van der Waals surface area (Å²) in [6, 6.07) is -0.630. The number of hydrazine groups is 1. The number of nitrogens with two attached hydrogens (primary N) is 1. The Morgan fingerprint density at radius 1 is 1.36 bits per heavy atom. The molecular weight excluding hydrogens is 210 g/mol. The molecule has 1 atom stereocenters. The van der Waals surface area contributed by atoms with E-state index in [1.54, 1.807) is 5.43 Å². The number of hydrogen-bond donors (Lipinski definition) is 3. The van der Waals surface area contributed by atoms with Gasteiger partial charge in [0.05, 0.1) is 5.75 Å². The fourth-order valence-electron chi connectivity index (χ4n) is 0.851. The van der Waals surface area contributed by atoms with Gasteiger partial charge in [-0.15, -0.1) is 0 Å². The highest BCUT2D eigenvalue weighted by Crippen LogP contribution is 1.89. The molecule has 0 rings (SSSR count). The smallest absolute Gasteiger partial charge is 0.323 e. The second kappa shape index (κ2) is 4.91. The third-order valence-electron chi connectivity index (χ3n) is 1.27. The van der Waals surface area contributed by atoms with E-state index in [2.05, 4.69) is 5.32 Å². The van der Waals surface area contributed by atoms with Crippen molar-refractivity contribution in [3.05, 3.63) is 0 Å². The van der Waals surface area contributed by atoms with Crippen molar-refractivity contribution in [3.63, 3.8) is 0 Å². The SMILES string of the molecule is CC(CS(C)(=O)=O)NC(=O)C(=O)NN. The molecule has 0 aliphatic heterocycles. The Balaban J connectivity index is 4.14. The van der Waals surface area contributed by atoms with Crippen LogP contribution in [0.15, 0.2) is 0 Å². The number of carbonyl (C=O) groups is 2. The molecule has 0 aromatic carbocycles. The topological polar surface area (TPSA) is 118 Å². The highest BCUT2D eigenvalue weighted by atomic mass is 32.2. The van der Waals surface area contributed by atoms with Crippen LogP contribution in [0.3, 0.4) is 0 Å². The van der Waals surface area contributed by atoms with Crippen molar-refractivity contribution >= 4 is 21.7 Å². The summed E-state index contributed by atoms with van der Waals surface area (Å²) in [5.41, 5.74) is 1.63. The molecule has 0 aliphatic rings. The van der Waals surface area contributed by atoms with E-state index in [1.165, 1.54) is 6.92 Å². The van der Waals surface area contributed by atoms with Crippen molar-refractivity contribution in [1.82, 2.24) is 10.7 Å².